The number of halogens is 4. The Hall–Kier alpha value is -7.01. The Morgan fingerprint density at radius 3 is 1.51 bits per heavy atom. The summed E-state index contributed by atoms with van der Waals surface area (Å²) in [5, 5.41) is 4.99. The number of nitrogens with one attached hydrogen (secondary N) is 2. The molecule has 0 fully saturated rings. The van der Waals surface area contributed by atoms with Gasteiger partial charge in [0.15, 0.2) is 11.3 Å². The second-order valence-corrected chi connectivity index (χ2v) is 24.5. The minimum atomic E-state index is -4.02. The summed E-state index contributed by atoms with van der Waals surface area (Å²) < 4.78 is 108. The standard InChI is InChI=1S/C22H24FN3O4S.C17H16FN3O2S.C15H18FN3O2.ClH/c1-14-5-7-16(8-6-14)31(28,29)26-19-13-25(21(27)30-22(2,3)4)10-9-17(19)18-11-15(23)12-24-20(18)26;1-11-2-4-13(5-3-11)24(22,23)21-16-10-19-7-6-14(16)15-8-12(18)9-20-17(15)21;1-15(2,3)21-14(20)19-5-4-10-11-6-9(16)7-17-13(11)18-12(10)8-19;/h5-8,11-12H,9-10,13H2,1-4H3;2-5,8-9,19H,6-7,10H2,1H3;6-7H,4-5,8H2,1-3H3,(H,17,18);1H. The quantitative estimate of drug-likeness (QED) is 0.169. The van der Waals surface area contributed by atoms with Crippen molar-refractivity contribution < 1.29 is 49.1 Å². The van der Waals surface area contributed by atoms with Crippen LogP contribution in [0, 0.1) is 31.3 Å². The smallest absolute Gasteiger partial charge is 0.410 e. The van der Waals surface area contributed by atoms with E-state index in [1.54, 1.807) is 62.1 Å². The van der Waals surface area contributed by atoms with Crippen LogP contribution in [0.25, 0.3) is 33.1 Å². The number of carbonyl (C=O) groups excluding carboxylic acids is 2. The number of amides is 2. The molecule has 6 aromatic heterocycles. The molecule has 2 amide bonds. The van der Waals surface area contributed by atoms with Crippen LogP contribution >= 0.6 is 12.4 Å². The van der Waals surface area contributed by atoms with Gasteiger partial charge in [-0.3, -0.25) is 0 Å². The Bertz CT molecular complexity index is 3800. The number of aryl methyl sites for hydroxylation is 2. The van der Waals surface area contributed by atoms with Crippen molar-refractivity contribution in [1.82, 2.24) is 43.0 Å². The molecule has 0 radical (unpaired) electrons. The van der Waals surface area contributed by atoms with Gasteiger partial charge >= 0.3 is 12.2 Å². The SMILES string of the molecule is CC(C)(C)OC(=O)N1CCc2c([nH]c3ncc(F)cc23)C1.Cc1ccc(S(=O)(=O)n2c3c(c4cc(F)cnc42)CCN(C(=O)OC(C)(C)C)C3)cc1.Cc1ccc(S(=O)(=O)n2c3c(c4cc(F)cnc42)CCNC3)cc1.Cl. The zero-order chi connectivity index (χ0) is 54.6. The van der Waals surface area contributed by atoms with E-state index >= 15 is 0 Å². The molecule has 77 heavy (non-hydrogen) atoms. The van der Waals surface area contributed by atoms with E-state index in [2.05, 4.69) is 25.3 Å². The van der Waals surface area contributed by atoms with Gasteiger partial charge in [0.2, 0.25) is 0 Å². The number of nitrogens with zero attached hydrogens (tertiary/aromatic N) is 7. The van der Waals surface area contributed by atoms with E-state index < -0.39 is 49.0 Å². The lowest BCUT2D eigenvalue weighted by Crippen LogP contribution is -2.40. The van der Waals surface area contributed by atoms with Crippen LogP contribution in [0.4, 0.5) is 22.8 Å². The van der Waals surface area contributed by atoms with Crippen molar-refractivity contribution in [3.63, 3.8) is 0 Å². The average molecular weight is 1120 g/mol. The number of H-pyrrole nitrogens is 1. The van der Waals surface area contributed by atoms with Gasteiger partial charge in [-0.15, -0.1) is 12.4 Å². The van der Waals surface area contributed by atoms with Gasteiger partial charge in [-0.25, -0.2) is 62.5 Å². The van der Waals surface area contributed by atoms with Crippen LogP contribution in [0.2, 0.25) is 0 Å². The lowest BCUT2D eigenvalue weighted by molar-refractivity contribution is 0.0211. The van der Waals surface area contributed by atoms with E-state index in [9.17, 15) is 39.6 Å². The first-order valence-electron chi connectivity index (χ1n) is 24.6. The molecule has 3 aliphatic heterocycles. The van der Waals surface area contributed by atoms with E-state index in [1.165, 1.54) is 45.4 Å². The lowest BCUT2D eigenvalue weighted by Gasteiger charge is -2.30. The van der Waals surface area contributed by atoms with E-state index in [4.69, 9.17) is 9.47 Å². The number of fused-ring (bicyclic) bond motifs is 9. The van der Waals surface area contributed by atoms with Crippen LogP contribution in [0.1, 0.15) is 86.4 Å². The first kappa shape index (κ1) is 56.2. The molecule has 8 aromatic rings. The normalized spacial score (nSPS) is 14.6. The molecular weight excluding hydrogens is 1060 g/mol. The molecule has 0 bridgehead atoms. The summed E-state index contributed by atoms with van der Waals surface area (Å²) in [6.45, 7) is 17.1. The van der Waals surface area contributed by atoms with Crippen molar-refractivity contribution in [1.29, 1.82) is 0 Å². The maximum atomic E-state index is 14.0. The predicted molar refractivity (Wildman–Crippen MR) is 286 cm³/mol. The van der Waals surface area contributed by atoms with Crippen LogP contribution in [-0.2, 0) is 68.4 Å². The highest BCUT2D eigenvalue weighted by Gasteiger charge is 2.35. The Labute approximate surface area is 450 Å². The maximum absolute atomic E-state index is 14.0. The van der Waals surface area contributed by atoms with Crippen molar-refractivity contribution >= 4 is 77.7 Å². The zero-order valence-electron chi connectivity index (χ0n) is 43.7. The number of hydrogen-bond acceptors (Lipinski definition) is 12. The molecule has 0 saturated heterocycles. The monoisotopic (exact) mass is 1120 g/mol. The Kier molecular flexibility index (Phi) is 15.6. The molecule has 17 nitrogen and oxygen atoms in total. The summed E-state index contributed by atoms with van der Waals surface area (Å²) in [5.41, 5.74) is 6.31. The van der Waals surface area contributed by atoms with E-state index in [1.807, 2.05) is 34.6 Å². The zero-order valence-corrected chi connectivity index (χ0v) is 46.2. The van der Waals surface area contributed by atoms with E-state index in [-0.39, 0.29) is 51.9 Å². The summed E-state index contributed by atoms with van der Waals surface area (Å²) in [6, 6.07) is 17.3. The van der Waals surface area contributed by atoms with Crippen molar-refractivity contribution in [3.05, 3.63) is 148 Å². The number of rotatable bonds is 4. The third kappa shape index (κ3) is 11.7. The largest absolute Gasteiger partial charge is 0.444 e. The van der Waals surface area contributed by atoms with E-state index in [0.29, 0.717) is 78.8 Å². The Morgan fingerprint density at radius 1 is 0.584 bits per heavy atom. The van der Waals surface area contributed by atoms with Gasteiger partial charge in [0.1, 0.15) is 34.3 Å². The lowest BCUT2D eigenvalue weighted by atomic mass is 10.0. The molecule has 0 aliphatic carbocycles. The van der Waals surface area contributed by atoms with Crippen LogP contribution in [0.3, 0.4) is 0 Å². The molecule has 408 valence electrons. The molecule has 23 heteroatoms. The van der Waals surface area contributed by atoms with Crippen molar-refractivity contribution in [2.45, 2.75) is 115 Å². The fourth-order valence-electron chi connectivity index (χ4n) is 9.47. The number of hydrogen-bond donors (Lipinski definition) is 2. The van der Waals surface area contributed by atoms with Gasteiger partial charge in [-0.2, -0.15) is 0 Å². The Morgan fingerprint density at radius 2 is 1.01 bits per heavy atom. The number of ether oxygens (including phenoxy) is 2. The number of aromatic amines is 1. The maximum Gasteiger partial charge on any atom is 0.410 e. The summed E-state index contributed by atoms with van der Waals surface area (Å²) >= 11 is 0. The van der Waals surface area contributed by atoms with Crippen LogP contribution in [0.15, 0.2) is 95.1 Å². The fraction of sp³-hybridized carbons (Fsp3) is 0.352. The van der Waals surface area contributed by atoms with Crippen LogP contribution in [-0.4, -0.2) is 97.5 Å². The summed E-state index contributed by atoms with van der Waals surface area (Å²) in [4.78, 5) is 43.5. The summed E-state index contributed by atoms with van der Waals surface area (Å²) in [7, 11) is -7.83. The molecule has 0 saturated carbocycles. The molecule has 9 heterocycles. The highest BCUT2D eigenvalue weighted by atomic mass is 35.5. The van der Waals surface area contributed by atoms with Crippen molar-refractivity contribution in [3.8, 4) is 0 Å². The van der Waals surface area contributed by atoms with Gasteiger partial charge in [0, 0.05) is 41.5 Å². The highest BCUT2D eigenvalue weighted by molar-refractivity contribution is 7.90. The molecule has 2 aromatic carbocycles. The Balaban J connectivity index is 0.000000155. The molecule has 11 rings (SSSR count). The van der Waals surface area contributed by atoms with Gasteiger partial charge < -0.3 is 29.6 Å². The molecule has 0 spiro atoms. The first-order chi connectivity index (χ1) is 35.8. The molecule has 0 atom stereocenters. The van der Waals surface area contributed by atoms with Crippen LogP contribution < -0.4 is 5.32 Å². The number of benzene rings is 2. The topological polar surface area (TPSA) is 204 Å². The van der Waals surface area contributed by atoms with Gasteiger partial charge in [0.05, 0.1) is 52.9 Å². The highest BCUT2D eigenvalue weighted by Crippen LogP contribution is 2.35. The summed E-state index contributed by atoms with van der Waals surface area (Å²) in [6.07, 6.45) is 4.08. The minimum absolute atomic E-state index is 0. The van der Waals surface area contributed by atoms with Gasteiger partial charge in [-0.1, -0.05) is 35.4 Å². The van der Waals surface area contributed by atoms with Crippen molar-refractivity contribution in [2.24, 2.45) is 0 Å². The molecule has 3 aliphatic rings. The molecule has 2 N–H and O–H groups in total. The number of aromatic nitrogens is 6. The minimum Gasteiger partial charge on any atom is -0.444 e. The number of pyridine rings is 3. The van der Waals surface area contributed by atoms with Gasteiger partial charge in [0.25, 0.3) is 20.0 Å². The van der Waals surface area contributed by atoms with Crippen molar-refractivity contribution in [2.75, 3.05) is 19.6 Å². The summed E-state index contributed by atoms with van der Waals surface area (Å²) in [5.74, 6) is -1.36. The second kappa shape index (κ2) is 21.4. The van der Waals surface area contributed by atoms with Crippen LogP contribution in [0.5, 0.6) is 0 Å². The number of carbonyl (C=O) groups is 2. The van der Waals surface area contributed by atoms with E-state index in [0.717, 1.165) is 56.2 Å². The third-order valence-electron chi connectivity index (χ3n) is 12.9. The fourth-order valence-corrected chi connectivity index (χ4v) is 12.5. The first-order valence-corrected chi connectivity index (χ1v) is 27.5. The third-order valence-corrected chi connectivity index (χ3v) is 16.4. The second-order valence-electron chi connectivity index (χ2n) is 20.9. The molecular formula is C54H59ClF3N9O8S2. The molecule has 0 unspecified atom stereocenters. The van der Waals surface area contributed by atoms with Gasteiger partial charge in [-0.05, 0) is 140 Å². The predicted octanol–water partition coefficient (Wildman–Crippen LogP) is 9.80. The average Bonchev–Trinajstić information content (AvgIpc) is 4.00.